The summed E-state index contributed by atoms with van der Waals surface area (Å²) < 4.78 is 0. The Labute approximate surface area is 71.6 Å². The summed E-state index contributed by atoms with van der Waals surface area (Å²) >= 11 is 0. The van der Waals surface area contributed by atoms with E-state index in [1.807, 2.05) is 13.0 Å². The first kappa shape index (κ1) is 8.71. The number of amides is 1. The molecule has 0 fully saturated rings. The Kier molecular flexibility index (Phi) is 2.80. The molecule has 0 saturated carbocycles. The van der Waals surface area contributed by atoms with Crippen molar-refractivity contribution in [2.45, 2.75) is 19.8 Å². The van der Waals surface area contributed by atoms with E-state index in [1.165, 1.54) is 0 Å². The molecule has 0 radical (unpaired) electrons. The van der Waals surface area contributed by atoms with Gasteiger partial charge in [-0.05, 0) is 17.5 Å². The number of nitrogens with zero attached hydrogens (tertiary/aromatic N) is 1. The number of carbonyl (C=O) groups excluding carboxylic acids is 1. The molecule has 0 aliphatic carbocycles. The molecule has 1 aromatic heterocycles. The third kappa shape index (κ3) is 2.34. The van der Waals surface area contributed by atoms with Crippen molar-refractivity contribution in [3.8, 4) is 0 Å². The van der Waals surface area contributed by atoms with E-state index in [0.717, 1.165) is 17.5 Å². The average molecular weight is 164 g/mol. The molecule has 1 heterocycles. The summed E-state index contributed by atoms with van der Waals surface area (Å²) in [6.45, 7) is 2.05. The Bertz CT molecular complexity index is 284. The number of carbonyl (C=O) groups is 1. The van der Waals surface area contributed by atoms with Gasteiger partial charge in [0.25, 0.3) is 0 Å². The lowest BCUT2D eigenvalue weighted by molar-refractivity contribution is -0.117. The van der Waals surface area contributed by atoms with E-state index < -0.39 is 0 Å². The van der Waals surface area contributed by atoms with Gasteiger partial charge >= 0.3 is 0 Å². The molecule has 0 spiro atoms. The van der Waals surface area contributed by atoms with Crippen molar-refractivity contribution in [1.82, 2.24) is 4.98 Å². The highest BCUT2D eigenvalue weighted by atomic mass is 16.1. The highest BCUT2D eigenvalue weighted by Gasteiger charge is 1.98. The maximum absolute atomic E-state index is 10.6. The number of nitrogens with two attached hydrogens (primary N) is 1. The number of hydrogen-bond acceptors (Lipinski definition) is 2. The second kappa shape index (κ2) is 3.85. The van der Waals surface area contributed by atoms with Gasteiger partial charge < -0.3 is 5.73 Å². The number of aromatic nitrogens is 1. The summed E-state index contributed by atoms with van der Waals surface area (Å²) in [5, 5.41) is 0. The van der Waals surface area contributed by atoms with Crippen LogP contribution in [0.1, 0.15) is 18.1 Å². The highest BCUT2D eigenvalue weighted by molar-refractivity contribution is 5.76. The maximum atomic E-state index is 10.6. The van der Waals surface area contributed by atoms with Gasteiger partial charge in [0.1, 0.15) is 0 Å². The monoisotopic (exact) mass is 164 g/mol. The lowest BCUT2D eigenvalue weighted by atomic mass is 10.1. The lowest BCUT2D eigenvalue weighted by Gasteiger charge is -1.99. The zero-order chi connectivity index (χ0) is 8.97. The van der Waals surface area contributed by atoms with Crippen LogP contribution in [-0.2, 0) is 17.6 Å². The van der Waals surface area contributed by atoms with Crippen LogP contribution in [0.25, 0.3) is 0 Å². The van der Waals surface area contributed by atoms with Crippen molar-refractivity contribution in [2.24, 2.45) is 5.73 Å². The Morgan fingerprint density at radius 3 is 2.75 bits per heavy atom. The van der Waals surface area contributed by atoms with Crippen molar-refractivity contribution < 1.29 is 4.79 Å². The normalized spacial score (nSPS) is 9.75. The standard InChI is InChI=1S/C9H12N2O/c1-2-7-3-8(4-9(10)12)6-11-5-7/h3,5-6H,2,4H2,1H3,(H2,10,12). The molecule has 1 rings (SSSR count). The number of rotatable bonds is 3. The smallest absolute Gasteiger partial charge is 0.221 e. The first-order valence-corrected chi connectivity index (χ1v) is 3.93. The molecule has 0 atom stereocenters. The summed E-state index contributed by atoms with van der Waals surface area (Å²) in [6, 6.07) is 1.96. The predicted octanol–water partition coefficient (Wildman–Crippen LogP) is 0.672. The zero-order valence-electron chi connectivity index (χ0n) is 7.08. The van der Waals surface area contributed by atoms with Crippen molar-refractivity contribution in [2.75, 3.05) is 0 Å². The van der Waals surface area contributed by atoms with Crippen LogP contribution in [0.15, 0.2) is 18.5 Å². The number of pyridine rings is 1. The molecule has 64 valence electrons. The average Bonchev–Trinajstić information content (AvgIpc) is 2.03. The van der Waals surface area contributed by atoms with Gasteiger partial charge in [-0.15, -0.1) is 0 Å². The van der Waals surface area contributed by atoms with E-state index in [1.54, 1.807) is 12.4 Å². The van der Waals surface area contributed by atoms with E-state index in [4.69, 9.17) is 5.73 Å². The molecule has 2 N–H and O–H groups in total. The third-order valence-corrected chi connectivity index (χ3v) is 1.64. The van der Waals surface area contributed by atoms with E-state index in [9.17, 15) is 4.79 Å². The molecular formula is C9H12N2O. The molecular weight excluding hydrogens is 152 g/mol. The molecule has 0 saturated heterocycles. The van der Waals surface area contributed by atoms with Gasteiger partial charge in [0.15, 0.2) is 0 Å². The summed E-state index contributed by atoms with van der Waals surface area (Å²) in [7, 11) is 0. The van der Waals surface area contributed by atoms with Crippen molar-refractivity contribution in [1.29, 1.82) is 0 Å². The second-order valence-electron chi connectivity index (χ2n) is 2.70. The fourth-order valence-corrected chi connectivity index (χ4v) is 1.03. The Morgan fingerprint density at radius 1 is 1.50 bits per heavy atom. The molecule has 1 amide bonds. The van der Waals surface area contributed by atoms with E-state index >= 15 is 0 Å². The van der Waals surface area contributed by atoms with Crippen molar-refractivity contribution in [3.05, 3.63) is 29.6 Å². The van der Waals surface area contributed by atoms with Crippen LogP contribution in [0.5, 0.6) is 0 Å². The molecule has 12 heavy (non-hydrogen) atoms. The van der Waals surface area contributed by atoms with Gasteiger partial charge in [-0.3, -0.25) is 9.78 Å². The first-order chi connectivity index (χ1) is 5.72. The minimum Gasteiger partial charge on any atom is -0.369 e. The van der Waals surface area contributed by atoms with Crippen LogP contribution in [0, 0.1) is 0 Å². The fourth-order valence-electron chi connectivity index (χ4n) is 1.03. The number of aryl methyl sites for hydroxylation is 1. The van der Waals surface area contributed by atoms with Crippen molar-refractivity contribution >= 4 is 5.91 Å². The Balaban J connectivity index is 2.79. The van der Waals surface area contributed by atoms with Crippen LogP contribution in [-0.4, -0.2) is 10.9 Å². The lowest BCUT2D eigenvalue weighted by Crippen LogP contribution is -2.13. The van der Waals surface area contributed by atoms with Gasteiger partial charge in [-0.25, -0.2) is 0 Å². The summed E-state index contributed by atoms with van der Waals surface area (Å²) in [4.78, 5) is 14.6. The minimum absolute atomic E-state index is 0.279. The highest BCUT2D eigenvalue weighted by Crippen LogP contribution is 2.03. The molecule has 0 aliphatic rings. The number of hydrogen-bond donors (Lipinski definition) is 1. The second-order valence-corrected chi connectivity index (χ2v) is 2.70. The van der Waals surface area contributed by atoms with Gasteiger partial charge in [0.2, 0.25) is 5.91 Å². The van der Waals surface area contributed by atoms with Crippen LogP contribution in [0.2, 0.25) is 0 Å². The topological polar surface area (TPSA) is 56.0 Å². The SMILES string of the molecule is CCc1cncc(CC(N)=O)c1. The van der Waals surface area contributed by atoms with Crippen LogP contribution < -0.4 is 5.73 Å². The van der Waals surface area contributed by atoms with Gasteiger partial charge in [0, 0.05) is 12.4 Å². The van der Waals surface area contributed by atoms with Gasteiger partial charge in [-0.1, -0.05) is 13.0 Å². The zero-order valence-corrected chi connectivity index (χ0v) is 7.08. The molecule has 0 unspecified atom stereocenters. The maximum Gasteiger partial charge on any atom is 0.221 e. The van der Waals surface area contributed by atoms with E-state index in [0.29, 0.717) is 0 Å². The quantitative estimate of drug-likeness (QED) is 0.713. The van der Waals surface area contributed by atoms with Gasteiger partial charge in [0.05, 0.1) is 6.42 Å². The molecule has 0 aliphatic heterocycles. The summed E-state index contributed by atoms with van der Waals surface area (Å²) in [5.41, 5.74) is 7.07. The largest absolute Gasteiger partial charge is 0.369 e. The van der Waals surface area contributed by atoms with Crippen LogP contribution in [0.3, 0.4) is 0 Å². The Morgan fingerprint density at radius 2 is 2.17 bits per heavy atom. The number of primary amides is 1. The summed E-state index contributed by atoms with van der Waals surface area (Å²) in [5.74, 6) is -0.315. The van der Waals surface area contributed by atoms with E-state index in [2.05, 4.69) is 4.98 Å². The van der Waals surface area contributed by atoms with E-state index in [-0.39, 0.29) is 12.3 Å². The molecule has 3 nitrogen and oxygen atoms in total. The van der Waals surface area contributed by atoms with Crippen molar-refractivity contribution in [3.63, 3.8) is 0 Å². The molecule has 0 aromatic carbocycles. The Hall–Kier alpha value is -1.38. The first-order valence-electron chi connectivity index (χ1n) is 3.93. The fraction of sp³-hybridized carbons (Fsp3) is 0.333. The predicted molar refractivity (Wildman–Crippen MR) is 46.5 cm³/mol. The third-order valence-electron chi connectivity index (χ3n) is 1.64. The minimum atomic E-state index is -0.315. The van der Waals surface area contributed by atoms with Crippen LogP contribution >= 0.6 is 0 Å². The molecule has 3 heteroatoms. The van der Waals surface area contributed by atoms with Crippen LogP contribution in [0.4, 0.5) is 0 Å². The molecule has 1 aromatic rings. The van der Waals surface area contributed by atoms with Gasteiger partial charge in [-0.2, -0.15) is 0 Å². The molecule has 0 bridgehead atoms. The summed E-state index contributed by atoms with van der Waals surface area (Å²) in [6.07, 6.45) is 4.68.